The second-order valence-corrected chi connectivity index (χ2v) is 4.08. The molecule has 2 fully saturated rings. The van der Waals surface area contributed by atoms with Crippen molar-refractivity contribution in [3.05, 3.63) is 137 Å². The summed E-state index contributed by atoms with van der Waals surface area (Å²) in [6.07, 6.45) is 20.0. The molecule has 0 atom stereocenters. The van der Waals surface area contributed by atoms with Gasteiger partial charge in [-0.2, -0.15) is 72.8 Å². The fraction of sp³-hybridized carbons (Fsp3) is 0. The Kier molecular flexibility index (Phi) is 18.8. The molecule has 114 valence electrons. The maximum Gasteiger partial charge on any atom is 0 e. The van der Waals surface area contributed by atoms with Crippen molar-refractivity contribution in [2.24, 2.45) is 0 Å². The molecule has 0 nitrogen and oxygen atoms in total. The van der Waals surface area contributed by atoms with E-state index in [0.29, 0.717) is 0 Å². The van der Waals surface area contributed by atoms with E-state index in [2.05, 4.69) is 12.1 Å². The minimum absolute atomic E-state index is 0. The third-order valence-electron chi connectivity index (χ3n) is 2.33. The summed E-state index contributed by atoms with van der Waals surface area (Å²) in [7, 11) is 0. The SMILES string of the molecule is [CH]1[CH][CH][CH][CH]1.[CH]1[CH][CH][CH][CH]1.[Hf].[c-]1ccccc1.[c-]1ccccc1. The maximum absolute atomic E-state index is 2.89. The third-order valence-corrected chi connectivity index (χ3v) is 2.33. The molecular formula is C22H20Hf-2. The molecule has 2 saturated carbocycles. The second kappa shape index (κ2) is 19.4. The summed E-state index contributed by atoms with van der Waals surface area (Å²) in [6, 6.07) is 25.0. The van der Waals surface area contributed by atoms with Gasteiger partial charge in [0.25, 0.3) is 0 Å². The van der Waals surface area contributed by atoms with Crippen LogP contribution in [-0.4, -0.2) is 0 Å². The summed E-state index contributed by atoms with van der Waals surface area (Å²) in [5.41, 5.74) is 0. The molecule has 2 aliphatic carbocycles. The molecule has 2 aromatic rings. The summed E-state index contributed by atoms with van der Waals surface area (Å²) in [4.78, 5) is 0. The minimum atomic E-state index is 0. The van der Waals surface area contributed by atoms with E-state index < -0.39 is 0 Å². The fourth-order valence-electron chi connectivity index (χ4n) is 1.33. The standard InChI is InChI=1S/2C6H5.2C5H5.Hf/c2*1-2-4-6-5-3-1;2*1-2-4-5-3-1;/h2*1-5H;2*1-5H;/q2*-1;;;. The largest absolute Gasteiger partial charge is 0.184 e. The van der Waals surface area contributed by atoms with Crippen LogP contribution in [0.15, 0.2) is 60.7 Å². The zero-order chi connectivity index (χ0) is 15.6. The molecule has 4 rings (SSSR count). The van der Waals surface area contributed by atoms with Crippen molar-refractivity contribution < 1.29 is 25.8 Å². The Balaban J connectivity index is 0.000000278. The average Bonchev–Trinajstić information content (AvgIpc) is 3.37. The molecule has 1 heteroatoms. The Labute approximate surface area is 162 Å². The molecular weight excluding hydrogens is 443 g/mol. The van der Waals surface area contributed by atoms with Crippen LogP contribution >= 0.6 is 0 Å². The Morgan fingerprint density at radius 3 is 0.609 bits per heavy atom. The van der Waals surface area contributed by atoms with Gasteiger partial charge in [-0.1, -0.05) is 0 Å². The van der Waals surface area contributed by atoms with Crippen molar-refractivity contribution in [3.63, 3.8) is 0 Å². The van der Waals surface area contributed by atoms with Gasteiger partial charge in [0.2, 0.25) is 0 Å². The van der Waals surface area contributed by atoms with Crippen molar-refractivity contribution in [2.75, 3.05) is 0 Å². The first-order valence-electron chi connectivity index (χ1n) is 7.15. The summed E-state index contributed by atoms with van der Waals surface area (Å²) >= 11 is 0. The normalized spacial score (nSPS) is 14.6. The molecule has 0 saturated heterocycles. The first-order valence-corrected chi connectivity index (χ1v) is 7.15. The molecule has 0 spiro atoms. The number of hydrogen-bond donors (Lipinski definition) is 0. The van der Waals surface area contributed by atoms with E-state index in [0.717, 1.165) is 0 Å². The molecule has 10 radical (unpaired) electrons. The van der Waals surface area contributed by atoms with Crippen molar-refractivity contribution in [1.29, 1.82) is 0 Å². The predicted molar refractivity (Wildman–Crippen MR) is 93.6 cm³/mol. The summed E-state index contributed by atoms with van der Waals surface area (Å²) in [6.45, 7) is 0. The minimum Gasteiger partial charge on any atom is -0.184 e. The quantitative estimate of drug-likeness (QED) is 0.381. The molecule has 2 aromatic carbocycles. The first kappa shape index (κ1) is 22.3. The van der Waals surface area contributed by atoms with Crippen LogP contribution in [0.1, 0.15) is 0 Å². The van der Waals surface area contributed by atoms with Crippen LogP contribution in [0.3, 0.4) is 0 Å². The van der Waals surface area contributed by atoms with Crippen molar-refractivity contribution >= 4 is 0 Å². The Bertz CT molecular complexity index is 281. The number of benzene rings is 2. The molecule has 0 aromatic heterocycles. The van der Waals surface area contributed by atoms with Gasteiger partial charge in [0.05, 0.1) is 0 Å². The molecule has 23 heavy (non-hydrogen) atoms. The number of rotatable bonds is 0. The molecule has 0 unspecified atom stereocenters. The summed E-state index contributed by atoms with van der Waals surface area (Å²) in [5, 5.41) is 0. The van der Waals surface area contributed by atoms with E-state index in [1.807, 2.05) is 125 Å². The first-order chi connectivity index (χ1) is 11.0. The molecule has 0 amide bonds. The van der Waals surface area contributed by atoms with Crippen LogP contribution in [0.4, 0.5) is 0 Å². The topological polar surface area (TPSA) is 0 Å². The van der Waals surface area contributed by atoms with Gasteiger partial charge in [0.1, 0.15) is 0 Å². The fourth-order valence-corrected chi connectivity index (χ4v) is 1.33. The monoisotopic (exact) mass is 464 g/mol. The van der Waals surface area contributed by atoms with Crippen molar-refractivity contribution in [3.8, 4) is 0 Å². The van der Waals surface area contributed by atoms with Crippen LogP contribution in [0.5, 0.6) is 0 Å². The van der Waals surface area contributed by atoms with E-state index in [-0.39, 0.29) is 25.8 Å². The Morgan fingerprint density at radius 1 is 0.304 bits per heavy atom. The molecule has 0 aliphatic heterocycles. The van der Waals surface area contributed by atoms with Gasteiger partial charge in [0, 0.05) is 25.8 Å². The van der Waals surface area contributed by atoms with Crippen molar-refractivity contribution in [2.45, 2.75) is 0 Å². The Hall–Kier alpha value is -0.690. The van der Waals surface area contributed by atoms with E-state index in [1.54, 1.807) is 0 Å². The number of hydrogen-bond acceptors (Lipinski definition) is 0. The van der Waals surface area contributed by atoms with Gasteiger partial charge in [-0.25, -0.2) is 0 Å². The molecule has 0 heterocycles. The van der Waals surface area contributed by atoms with Crippen LogP contribution in [0, 0.1) is 76.3 Å². The van der Waals surface area contributed by atoms with Crippen molar-refractivity contribution in [1.82, 2.24) is 0 Å². The van der Waals surface area contributed by atoms with Crippen LogP contribution in [0.2, 0.25) is 0 Å². The Morgan fingerprint density at radius 2 is 0.522 bits per heavy atom. The van der Waals surface area contributed by atoms with Crippen LogP contribution in [-0.2, 0) is 25.8 Å². The van der Waals surface area contributed by atoms with Crippen LogP contribution < -0.4 is 0 Å². The molecule has 0 N–H and O–H groups in total. The zero-order valence-corrected chi connectivity index (χ0v) is 16.6. The molecule has 0 bridgehead atoms. The van der Waals surface area contributed by atoms with E-state index >= 15 is 0 Å². The van der Waals surface area contributed by atoms with Crippen LogP contribution in [0.25, 0.3) is 0 Å². The maximum atomic E-state index is 2.89. The van der Waals surface area contributed by atoms with Gasteiger partial charge in [-0.05, 0) is 64.2 Å². The second-order valence-electron chi connectivity index (χ2n) is 4.08. The molecule has 2 aliphatic rings. The van der Waals surface area contributed by atoms with Gasteiger partial charge < -0.3 is 0 Å². The van der Waals surface area contributed by atoms with E-state index in [4.69, 9.17) is 0 Å². The predicted octanol–water partition coefficient (Wildman–Crippen LogP) is 5.01. The average molecular weight is 463 g/mol. The van der Waals surface area contributed by atoms with Gasteiger partial charge in [-0.15, -0.1) is 0 Å². The van der Waals surface area contributed by atoms with E-state index in [1.165, 1.54) is 0 Å². The van der Waals surface area contributed by atoms with E-state index in [9.17, 15) is 0 Å². The smallest absolute Gasteiger partial charge is 0 e. The van der Waals surface area contributed by atoms with Gasteiger partial charge in [-0.3, -0.25) is 0 Å². The van der Waals surface area contributed by atoms with Gasteiger partial charge in [0.15, 0.2) is 0 Å². The zero-order valence-electron chi connectivity index (χ0n) is 13.0. The van der Waals surface area contributed by atoms with Gasteiger partial charge >= 0.3 is 0 Å². The third kappa shape index (κ3) is 17.5. The summed E-state index contributed by atoms with van der Waals surface area (Å²) < 4.78 is 0. The summed E-state index contributed by atoms with van der Waals surface area (Å²) in [5.74, 6) is 0.